The van der Waals surface area contributed by atoms with Gasteiger partial charge in [-0.3, -0.25) is 24.0 Å². The molecule has 3 aliphatic rings. The van der Waals surface area contributed by atoms with Gasteiger partial charge in [0.25, 0.3) is 11.8 Å². The molecule has 1 aromatic heterocycles. The van der Waals surface area contributed by atoms with Crippen molar-refractivity contribution in [3.63, 3.8) is 0 Å². The number of aromatic nitrogens is 2. The summed E-state index contributed by atoms with van der Waals surface area (Å²) in [5.74, 6) is -3.85. The summed E-state index contributed by atoms with van der Waals surface area (Å²) < 4.78 is 26.2. The lowest BCUT2D eigenvalue weighted by Gasteiger charge is -2.35. The van der Waals surface area contributed by atoms with Gasteiger partial charge in [0.05, 0.1) is 12.3 Å². The Morgan fingerprint density at radius 2 is 1.74 bits per heavy atom. The molecule has 5 rings (SSSR count). The molecule has 270 valence electrons. The third-order valence-electron chi connectivity index (χ3n) is 9.00. The van der Waals surface area contributed by atoms with Crippen LogP contribution in [0, 0.1) is 5.82 Å². The number of carboxylic acid groups (broad SMARTS) is 1. The molecule has 17 heteroatoms. The van der Waals surface area contributed by atoms with E-state index in [-0.39, 0.29) is 68.4 Å². The largest absolute Gasteiger partial charge is 0.481 e. The molecule has 5 amide bonds. The Morgan fingerprint density at radius 1 is 1.00 bits per heavy atom. The van der Waals surface area contributed by atoms with E-state index in [4.69, 9.17) is 9.47 Å². The second kappa shape index (κ2) is 16.5. The number of halogens is 1. The number of aliphatic carboxylic acids is 1. The molecule has 0 radical (unpaired) electrons. The van der Waals surface area contributed by atoms with Crippen LogP contribution in [0.1, 0.15) is 62.4 Å². The highest BCUT2D eigenvalue weighted by Gasteiger charge is 2.36. The molecular formula is C33H42FN7O9. The first-order chi connectivity index (χ1) is 24.0. The predicted octanol–water partition coefficient (Wildman–Crippen LogP) is 1.31. The summed E-state index contributed by atoms with van der Waals surface area (Å²) >= 11 is 0. The van der Waals surface area contributed by atoms with E-state index in [2.05, 4.69) is 15.7 Å². The first-order valence-electron chi connectivity index (χ1n) is 16.9. The molecule has 2 aromatic rings. The van der Waals surface area contributed by atoms with Gasteiger partial charge in [0.2, 0.25) is 17.7 Å². The average Bonchev–Trinajstić information content (AvgIpc) is 3.75. The van der Waals surface area contributed by atoms with Crippen molar-refractivity contribution in [2.45, 2.75) is 70.0 Å². The van der Waals surface area contributed by atoms with Gasteiger partial charge in [-0.25, -0.2) is 13.9 Å². The second-order valence-electron chi connectivity index (χ2n) is 12.4. The van der Waals surface area contributed by atoms with E-state index >= 15 is 0 Å². The number of benzene rings is 1. The normalized spacial score (nSPS) is 18.2. The molecule has 50 heavy (non-hydrogen) atoms. The fourth-order valence-corrected chi connectivity index (χ4v) is 6.08. The third-order valence-corrected chi connectivity index (χ3v) is 9.00. The standard InChI is InChI=1S/C33H42FN7O9/c1-2-49-33(48)39-16-14-38(15-17-39)32(47)24(11-12-29(43)44)36-30(45)25-19-28(41(37-25)23-9-3-6-21(34)18-23)50-20-27(42)40-13-5-10-26(40)31(46)35-22-7-4-8-22/h3,6,9,18-19,22,24,26H,2,4-5,7-8,10-17,20H2,1H3,(H,35,46)(H,36,45)(H,43,44)/t24-,26-/m0/s1. The number of nitrogens with zero attached hydrogens (tertiary/aromatic N) is 5. The number of hydrogen-bond acceptors (Lipinski definition) is 9. The molecule has 0 unspecified atom stereocenters. The highest BCUT2D eigenvalue weighted by molar-refractivity contribution is 5.96. The van der Waals surface area contributed by atoms with Crippen molar-refractivity contribution in [1.29, 1.82) is 0 Å². The molecule has 2 saturated heterocycles. The van der Waals surface area contributed by atoms with Crippen LogP contribution in [-0.2, 0) is 23.9 Å². The Hall–Kier alpha value is -5.22. The van der Waals surface area contributed by atoms with E-state index < -0.39 is 60.7 Å². The van der Waals surface area contributed by atoms with E-state index in [1.807, 2.05) is 0 Å². The number of rotatable bonds is 13. The lowest BCUT2D eigenvalue weighted by Crippen LogP contribution is -2.56. The average molecular weight is 700 g/mol. The molecule has 16 nitrogen and oxygen atoms in total. The van der Waals surface area contributed by atoms with E-state index in [9.17, 15) is 38.3 Å². The number of amides is 5. The van der Waals surface area contributed by atoms with Crippen molar-refractivity contribution in [3.05, 3.63) is 41.8 Å². The van der Waals surface area contributed by atoms with Crippen molar-refractivity contribution in [1.82, 2.24) is 35.1 Å². The Morgan fingerprint density at radius 3 is 2.40 bits per heavy atom. The molecule has 1 aromatic carbocycles. The quantitative estimate of drug-likeness (QED) is 0.275. The number of likely N-dealkylation sites (tertiary alicyclic amines) is 1. The minimum atomic E-state index is -1.24. The monoisotopic (exact) mass is 699 g/mol. The SMILES string of the molecule is CCOC(=O)N1CCN(C(=O)[C@H](CCC(=O)O)NC(=O)c2cc(OCC(=O)N3CCC[C@H]3C(=O)NC3CCC3)n(-c3cccc(F)c3)n2)CC1. The number of piperazine rings is 1. The summed E-state index contributed by atoms with van der Waals surface area (Å²) in [6.07, 6.45) is 2.94. The van der Waals surface area contributed by atoms with Gasteiger partial charge in [-0.1, -0.05) is 6.07 Å². The van der Waals surface area contributed by atoms with Crippen molar-refractivity contribution in [2.24, 2.45) is 0 Å². The van der Waals surface area contributed by atoms with Crippen LogP contribution in [0.15, 0.2) is 30.3 Å². The summed E-state index contributed by atoms with van der Waals surface area (Å²) in [5, 5.41) is 19.2. The molecule has 1 aliphatic carbocycles. The molecular weight excluding hydrogens is 657 g/mol. The topological polar surface area (TPSA) is 193 Å². The number of hydrogen-bond donors (Lipinski definition) is 3. The molecule has 0 spiro atoms. The summed E-state index contributed by atoms with van der Waals surface area (Å²) in [6.45, 7) is 2.48. The number of carbonyl (C=O) groups is 6. The van der Waals surface area contributed by atoms with E-state index in [0.29, 0.717) is 19.4 Å². The zero-order valence-electron chi connectivity index (χ0n) is 27.8. The maximum Gasteiger partial charge on any atom is 0.409 e. The van der Waals surface area contributed by atoms with Crippen LogP contribution in [-0.4, -0.2) is 129 Å². The van der Waals surface area contributed by atoms with Gasteiger partial charge in [-0.2, -0.15) is 5.10 Å². The fraction of sp³-hybridized carbons (Fsp3) is 0.545. The van der Waals surface area contributed by atoms with Gasteiger partial charge in [0.15, 0.2) is 12.3 Å². The number of ether oxygens (including phenoxy) is 2. The third kappa shape index (κ3) is 8.87. The first kappa shape index (κ1) is 36.1. The fourth-order valence-electron chi connectivity index (χ4n) is 6.08. The summed E-state index contributed by atoms with van der Waals surface area (Å²) in [7, 11) is 0. The Kier molecular flexibility index (Phi) is 11.9. The van der Waals surface area contributed by atoms with E-state index in [1.54, 1.807) is 6.92 Å². The van der Waals surface area contributed by atoms with Crippen LogP contribution in [0.4, 0.5) is 9.18 Å². The molecule has 3 N–H and O–H groups in total. The van der Waals surface area contributed by atoms with Gasteiger partial charge in [0, 0.05) is 51.3 Å². The van der Waals surface area contributed by atoms with Crippen LogP contribution in [0.2, 0.25) is 0 Å². The van der Waals surface area contributed by atoms with Crippen molar-refractivity contribution in [2.75, 3.05) is 45.9 Å². The minimum Gasteiger partial charge on any atom is -0.481 e. The molecule has 1 saturated carbocycles. The van der Waals surface area contributed by atoms with E-state index in [1.165, 1.54) is 39.0 Å². The van der Waals surface area contributed by atoms with Gasteiger partial charge in [0.1, 0.15) is 17.9 Å². The van der Waals surface area contributed by atoms with Crippen LogP contribution in [0.5, 0.6) is 5.88 Å². The van der Waals surface area contributed by atoms with E-state index in [0.717, 1.165) is 30.0 Å². The summed E-state index contributed by atoms with van der Waals surface area (Å²) in [4.78, 5) is 81.0. The lowest BCUT2D eigenvalue weighted by atomic mass is 9.93. The zero-order valence-corrected chi connectivity index (χ0v) is 27.8. The highest BCUT2D eigenvalue weighted by atomic mass is 19.1. The molecule has 2 atom stereocenters. The number of nitrogens with one attached hydrogen (secondary N) is 2. The minimum absolute atomic E-state index is 0.0766. The van der Waals surface area contributed by atoms with Crippen LogP contribution < -0.4 is 15.4 Å². The predicted molar refractivity (Wildman–Crippen MR) is 173 cm³/mol. The van der Waals surface area contributed by atoms with Gasteiger partial charge in [-0.05, 0) is 63.6 Å². The van der Waals surface area contributed by atoms with Crippen LogP contribution in [0.3, 0.4) is 0 Å². The second-order valence-corrected chi connectivity index (χ2v) is 12.4. The van der Waals surface area contributed by atoms with Crippen molar-refractivity contribution in [3.8, 4) is 11.6 Å². The molecule has 3 fully saturated rings. The molecule has 2 aliphatic heterocycles. The van der Waals surface area contributed by atoms with Gasteiger partial charge >= 0.3 is 12.1 Å². The molecule has 3 heterocycles. The summed E-state index contributed by atoms with van der Waals surface area (Å²) in [5.41, 5.74) is -0.0562. The number of carbonyl (C=O) groups excluding carboxylic acids is 5. The van der Waals surface area contributed by atoms with Gasteiger partial charge in [-0.15, -0.1) is 0 Å². The van der Waals surface area contributed by atoms with Crippen LogP contribution in [0.25, 0.3) is 5.69 Å². The lowest BCUT2D eigenvalue weighted by molar-refractivity contribution is -0.140. The van der Waals surface area contributed by atoms with Crippen molar-refractivity contribution < 1.29 is 47.7 Å². The smallest absolute Gasteiger partial charge is 0.409 e. The maximum absolute atomic E-state index is 14.2. The van der Waals surface area contributed by atoms with Crippen LogP contribution >= 0.6 is 0 Å². The highest BCUT2D eigenvalue weighted by Crippen LogP contribution is 2.24. The maximum atomic E-state index is 14.2. The summed E-state index contributed by atoms with van der Waals surface area (Å²) in [6, 6.07) is 4.82. The number of carboxylic acids is 1. The Labute approximate surface area is 287 Å². The van der Waals surface area contributed by atoms with Crippen molar-refractivity contribution >= 4 is 35.7 Å². The Balaban J connectivity index is 1.29. The van der Waals surface area contributed by atoms with Gasteiger partial charge < -0.3 is 39.9 Å². The first-order valence-corrected chi connectivity index (χ1v) is 16.9. The Bertz CT molecular complexity index is 1590. The zero-order chi connectivity index (χ0) is 35.8. The molecule has 0 bridgehead atoms.